The van der Waals surface area contributed by atoms with E-state index < -0.39 is 0 Å². The number of ether oxygens (including phenoxy) is 2. The molecule has 1 unspecified atom stereocenters. The summed E-state index contributed by atoms with van der Waals surface area (Å²) in [6.45, 7) is 4.92. The zero-order valence-corrected chi connectivity index (χ0v) is 20.5. The number of nitrogens with zero attached hydrogens (tertiary/aromatic N) is 3. The first-order chi connectivity index (χ1) is 16.5. The minimum absolute atomic E-state index is 0.0423. The van der Waals surface area contributed by atoms with E-state index in [1.807, 2.05) is 37.3 Å². The van der Waals surface area contributed by atoms with E-state index in [1.54, 1.807) is 19.2 Å². The van der Waals surface area contributed by atoms with E-state index in [-0.39, 0.29) is 11.8 Å². The van der Waals surface area contributed by atoms with Crippen LogP contribution in [0.3, 0.4) is 0 Å². The van der Waals surface area contributed by atoms with Crippen molar-refractivity contribution in [2.24, 2.45) is 0 Å². The number of thiocarbonyl (C=S) groups is 1. The summed E-state index contributed by atoms with van der Waals surface area (Å²) >= 11 is 5.70. The number of aromatic hydroxyl groups is 1. The van der Waals surface area contributed by atoms with E-state index in [0.717, 1.165) is 41.8 Å². The van der Waals surface area contributed by atoms with Gasteiger partial charge in [0.25, 0.3) is 5.89 Å². The van der Waals surface area contributed by atoms with Gasteiger partial charge < -0.3 is 29.3 Å². The molecule has 34 heavy (non-hydrogen) atoms. The van der Waals surface area contributed by atoms with E-state index in [0.29, 0.717) is 28.3 Å². The van der Waals surface area contributed by atoms with E-state index in [4.69, 9.17) is 31.2 Å². The van der Waals surface area contributed by atoms with Gasteiger partial charge in [0.1, 0.15) is 5.75 Å². The fraction of sp³-hybridized carbons (Fsp3) is 0.320. The third-order valence-electron chi connectivity index (χ3n) is 5.85. The summed E-state index contributed by atoms with van der Waals surface area (Å²) in [4.78, 5) is 6.77. The fourth-order valence-electron chi connectivity index (χ4n) is 3.99. The lowest BCUT2D eigenvalue weighted by molar-refractivity contribution is 0.372. The third-order valence-corrected chi connectivity index (χ3v) is 6.19. The maximum absolute atomic E-state index is 10.4. The van der Waals surface area contributed by atoms with Gasteiger partial charge in [-0.1, -0.05) is 36.7 Å². The Labute approximate surface area is 204 Å². The lowest BCUT2D eigenvalue weighted by Gasteiger charge is -2.37. The molecule has 1 aliphatic heterocycles. The predicted octanol–water partition coefficient (Wildman–Crippen LogP) is 4.92. The number of nitrogens with one attached hydrogen (secondary N) is 1. The summed E-state index contributed by atoms with van der Waals surface area (Å²) in [6.07, 6.45) is 2.03. The molecule has 4 rings (SSSR count). The van der Waals surface area contributed by atoms with Crippen molar-refractivity contribution in [3.8, 4) is 28.6 Å². The number of phenols is 1. The van der Waals surface area contributed by atoms with Gasteiger partial charge in [0, 0.05) is 17.8 Å². The Morgan fingerprint density at radius 3 is 2.71 bits per heavy atom. The zero-order valence-electron chi connectivity index (χ0n) is 19.7. The van der Waals surface area contributed by atoms with Crippen LogP contribution >= 0.6 is 12.2 Å². The molecular weight excluding hydrogens is 452 g/mol. The second kappa shape index (κ2) is 10.1. The fourth-order valence-corrected chi connectivity index (χ4v) is 4.34. The Morgan fingerprint density at radius 2 is 2.00 bits per heavy atom. The van der Waals surface area contributed by atoms with Crippen molar-refractivity contribution in [3.05, 3.63) is 59.6 Å². The second-order valence-electron chi connectivity index (χ2n) is 7.97. The Kier molecular flexibility index (Phi) is 7.02. The van der Waals surface area contributed by atoms with Gasteiger partial charge in [-0.05, 0) is 55.4 Å². The number of unbranched alkanes of at least 4 members (excludes halogenated alkanes) is 1. The Hall–Kier alpha value is -3.59. The van der Waals surface area contributed by atoms with Crippen LogP contribution in [0.25, 0.3) is 17.0 Å². The van der Waals surface area contributed by atoms with Gasteiger partial charge in [0.05, 0.1) is 25.8 Å². The van der Waals surface area contributed by atoms with Gasteiger partial charge in [0.2, 0.25) is 5.82 Å². The molecule has 1 atom stereocenters. The van der Waals surface area contributed by atoms with Crippen molar-refractivity contribution in [3.63, 3.8) is 0 Å². The van der Waals surface area contributed by atoms with Gasteiger partial charge in [-0.15, -0.1) is 0 Å². The summed E-state index contributed by atoms with van der Waals surface area (Å²) in [6, 6.07) is 12.4. The molecule has 178 valence electrons. The summed E-state index contributed by atoms with van der Waals surface area (Å²) in [5.41, 5.74) is 3.31. The quantitative estimate of drug-likeness (QED) is 0.436. The summed E-state index contributed by atoms with van der Waals surface area (Å²) in [5.74, 6) is 1.99. The van der Waals surface area contributed by atoms with Crippen LogP contribution in [0.2, 0.25) is 0 Å². The summed E-state index contributed by atoms with van der Waals surface area (Å²) in [7, 11) is 3.13. The molecule has 9 heteroatoms. The van der Waals surface area contributed by atoms with Crippen molar-refractivity contribution < 1.29 is 19.1 Å². The molecule has 8 nitrogen and oxygen atoms in total. The van der Waals surface area contributed by atoms with Gasteiger partial charge in [-0.3, -0.25) is 0 Å². The Morgan fingerprint density at radius 1 is 1.18 bits per heavy atom. The highest BCUT2D eigenvalue weighted by Gasteiger charge is 2.34. The number of methoxy groups -OCH3 is 2. The van der Waals surface area contributed by atoms with Crippen molar-refractivity contribution in [1.29, 1.82) is 0 Å². The smallest absolute Gasteiger partial charge is 0.258 e. The molecule has 0 saturated carbocycles. The molecule has 1 aromatic heterocycles. The molecular formula is C25H28N4O4S. The molecule has 0 radical (unpaired) electrons. The van der Waals surface area contributed by atoms with Crippen molar-refractivity contribution >= 4 is 22.9 Å². The zero-order chi connectivity index (χ0) is 24.2. The van der Waals surface area contributed by atoms with E-state index in [9.17, 15) is 5.11 Å². The number of aromatic nitrogens is 2. The molecule has 3 aromatic rings. The number of rotatable bonds is 8. The molecule has 0 bridgehead atoms. The monoisotopic (exact) mass is 480 g/mol. The minimum atomic E-state index is -0.388. The molecule has 2 heterocycles. The molecule has 1 aliphatic rings. The van der Waals surface area contributed by atoms with E-state index >= 15 is 0 Å². The van der Waals surface area contributed by atoms with Gasteiger partial charge in [0.15, 0.2) is 16.6 Å². The molecule has 0 fully saturated rings. The van der Waals surface area contributed by atoms with Crippen LogP contribution in [-0.4, -0.2) is 46.0 Å². The number of hydrogen-bond acceptors (Lipinski definition) is 7. The normalized spacial score (nSPS) is 15.9. The first kappa shape index (κ1) is 23.6. The van der Waals surface area contributed by atoms with Crippen LogP contribution in [0.4, 0.5) is 0 Å². The van der Waals surface area contributed by atoms with Gasteiger partial charge in [-0.25, -0.2) is 0 Å². The van der Waals surface area contributed by atoms with Crippen molar-refractivity contribution in [1.82, 2.24) is 20.4 Å². The average Bonchev–Trinajstić information content (AvgIpc) is 3.33. The number of benzene rings is 2. The molecule has 2 N–H and O–H groups in total. The van der Waals surface area contributed by atoms with Crippen LogP contribution in [0, 0.1) is 0 Å². The molecule has 0 aliphatic carbocycles. The number of phenolic OH excluding ortho intramolecular Hbond substituents is 1. The Balaban J connectivity index is 1.80. The number of allylic oxidation sites excluding steroid dienone is 1. The van der Waals surface area contributed by atoms with Crippen LogP contribution in [0.5, 0.6) is 17.2 Å². The van der Waals surface area contributed by atoms with Crippen LogP contribution < -0.4 is 14.8 Å². The SMILES string of the molecule is CCCCN1C(=S)NC(c2ccc(OC)c(O)c2)C(c2nc(-c3cccc(OC)c3)no2)=C1C. The van der Waals surface area contributed by atoms with Crippen molar-refractivity contribution in [2.45, 2.75) is 32.7 Å². The number of hydrogen-bond donors (Lipinski definition) is 2. The van der Waals surface area contributed by atoms with E-state index in [1.165, 1.54) is 7.11 Å². The minimum Gasteiger partial charge on any atom is -0.504 e. The highest BCUT2D eigenvalue weighted by molar-refractivity contribution is 7.80. The van der Waals surface area contributed by atoms with Crippen molar-refractivity contribution in [2.75, 3.05) is 20.8 Å². The first-order valence-electron chi connectivity index (χ1n) is 11.1. The molecule has 2 aromatic carbocycles. The average molecular weight is 481 g/mol. The third kappa shape index (κ3) is 4.56. The van der Waals surface area contributed by atoms with E-state index in [2.05, 4.69) is 22.3 Å². The molecule has 0 amide bonds. The molecule has 0 spiro atoms. The summed E-state index contributed by atoms with van der Waals surface area (Å²) < 4.78 is 16.3. The Bertz CT molecular complexity index is 1220. The highest BCUT2D eigenvalue weighted by atomic mass is 32.1. The summed E-state index contributed by atoms with van der Waals surface area (Å²) in [5, 5.41) is 18.6. The lowest BCUT2D eigenvalue weighted by Crippen LogP contribution is -2.46. The molecule has 0 saturated heterocycles. The topological polar surface area (TPSA) is 92.9 Å². The van der Waals surface area contributed by atoms with Crippen LogP contribution in [0.1, 0.15) is 44.2 Å². The largest absolute Gasteiger partial charge is 0.504 e. The predicted molar refractivity (Wildman–Crippen MR) is 134 cm³/mol. The van der Waals surface area contributed by atoms with Crippen LogP contribution in [0.15, 0.2) is 52.7 Å². The van der Waals surface area contributed by atoms with Crippen LogP contribution in [-0.2, 0) is 0 Å². The van der Waals surface area contributed by atoms with Gasteiger partial charge >= 0.3 is 0 Å². The maximum Gasteiger partial charge on any atom is 0.258 e. The van der Waals surface area contributed by atoms with Gasteiger partial charge in [-0.2, -0.15) is 4.98 Å². The maximum atomic E-state index is 10.4. The first-order valence-corrected chi connectivity index (χ1v) is 11.5. The highest BCUT2D eigenvalue weighted by Crippen LogP contribution is 2.40. The lowest BCUT2D eigenvalue weighted by atomic mass is 9.94. The standard InChI is InChI=1S/C25H28N4O4S/c1-5-6-12-29-15(2)21(22(26-25(29)34)16-10-11-20(32-4)19(30)14-16)24-27-23(28-33-24)17-8-7-9-18(13-17)31-3/h7-11,13-14,22,30H,5-6,12H2,1-4H3,(H,26,34). The second-order valence-corrected chi connectivity index (χ2v) is 8.36.